The van der Waals surface area contributed by atoms with E-state index in [1.54, 1.807) is 0 Å². The molecule has 0 radical (unpaired) electrons. The third kappa shape index (κ3) is 2.80. The Balaban J connectivity index is 1.79. The minimum Gasteiger partial charge on any atom is -0.354 e. The molecule has 1 fully saturated rings. The van der Waals surface area contributed by atoms with Crippen molar-refractivity contribution in [3.05, 3.63) is 41.5 Å². The first-order valence-corrected chi connectivity index (χ1v) is 9.36. The third-order valence-corrected chi connectivity index (χ3v) is 5.27. The summed E-state index contributed by atoms with van der Waals surface area (Å²) in [6, 6.07) is 12.3. The predicted octanol–water partition coefficient (Wildman–Crippen LogP) is 2.97. The van der Waals surface area contributed by atoms with Crippen LogP contribution in [0.1, 0.15) is 25.0 Å². The summed E-state index contributed by atoms with van der Waals surface area (Å²) in [5, 5.41) is 9.63. The molecule has 0 bridgehead atoms. The third-order valence-electron chi connectivity index (χ3n) is 5.27. The summed E-state index contributed by atoms with van der Waals surface area (Å²) in [6.07, 6.45) is 0. The number of para-hydroxylation sites is 2. The first kappa shape index (κ1) is 17.3. The van der Waals surface area contributed by atoms with Gasteiger partial charge in [0.05, 0.1) is 16.6 Å². The molecule has 6 heteroatoms. The molecule has 4 rings (SSSR count). The van der Waals surface area contributed by atoms with Crippen LogP contribution in [0, 0.1) is 24.2 Å². The Morgan fingerprint density at radius 3 is 2.56 bits per heavy atom. The minimum absolute atomic E-state index is 0.0259. The summed E-state index contributed by atoms with van der Waals surface area (Å²) in [5.74, 6) is 1.27. The fourth-order valence-corrected chi connectivity index (χ4v) is 3.82. The fraction of sp³-hybridized carbons (Fsp3) is 0.381. The van der Waals surface area contributed by atoms with Gasteiger partial charge in [-0.25, -0.2) is 4.98 Å². The quantitative estimate of drug-likeness (QED) is 0.704. The number of nitrogens with zero attached hydrogens (tertiary/aromatic N) is 5. The minimum atomic E-state index is 0.0259. The maximum atomic E-state index is 12.3. The van der Waals surface area contributed by atoms with Crippen LogP contribution in [0.3, 0.4) is 0 Å². The van der Waals surface area contributed by atoms with Crippen LogP contribution in [0.2, 0.25) is 0 Å². The van der Waals surface area contributed by atoms with Crippen LogP contribution in [0.15, 0.2) is 30.3 Å². The first-order valence-electron chi connectivity index (χ1n) is 9.36. The Morgan fingerprint density at radius 1 is 1.19 bits per heavy atom. The second kappa shape index (κ2) is 6.58. The van der Waals surface area contributed by atoms with Crippen molar-refractivity contribution in [2.45, 2.75) is 20.8 Å². The number of fused-ring (bicyclic) bond motifs is 3. The lowest BCUT2D eigenvalue weighted by Gasteiger charge is -2.37. The van der Waals surface area contributed by atoms with Gasteiger partial charge in [0, 0.05) is 32.1 Å². The first-order chi connectivity index (χ1) is 13.0. The van der Waals surface area contributed by atoms with Crippen LogP contribution in [0.25, 0.3) is 16.7 Å². The van der Waals surface area contributed by atoms with Crippen molar-refractivity contribution in [2.24, 2.45) is 5.92 Å². The Kier molecular flexibility index (Phi) is 4.23. The van der Waals surface area contributed by atoms with Crippen LogP contribution >= 0.6 is 0 Å². The molecule has 3 heterocycles. The number of pyridine rings is 1. The van der Waals surface area contributed by atoms with Crippen molar-refractivity contribution in [1.82, 2.24) is 14.3 Å². The average molecular weight is 361 g/mol. The lowest BCUT2D eigenvalue weighted by Crippen LogP contribution is -2.50. The zero-order chi connectivity index (χ0) is 19.1. The van der Waals surface area contributed by atoms with Gasteiger partial charge in [-0.2, -0.15) is 5.26 Å². The number of aromatic nitrogens is 2. The number of piperazine rings is 1. The number of carbonyl (C=O) groups excluding carboxylic acids is 1. The second-order valence-electron chi connectivity index (χ2n) is 7.40. The predicted molar refractivity (Wildman–Crippen MR) is 106 cm³/mol. The highest BCUT2D eigenvalue weighted by atomic mass is 16.2. The van der Waals surface area contributed by atoms with E-state index in [2.05, 4.69) is 21.4 Å². The molecule has 1 aromatic carbocycles. The molecular weight excluding hydrogens is 338 g/mol. The summed E-state index contributed by atoms with van der Waals surface area (Å²) in [4.78, 5) is 21.2. The Hall–Kier alpha value is -3.07. The van der Waals surface area contributed by atoms with Crippen molar-refractivity contribution in [3.63, 3.8) is 0 Å². The summed E-state index contributed by atoms with van der Waals surface area (Å²) in [5.41, 5.74) is 4.13. The van der Waals surface area contributed by atoms with E-state index in [0.717, 1.165) is 35.5 Å². The van der Waals surface area contributed by atoms with Gasteiger partial charge in [0.2, 0.25) is 5.91 Å². The van der Waals surface area contributed by atoms with Crippen LogP contribution in [0.5, 0.6) is 0 Å². The van der Waals surface area contributed by atoms with E-state index < -0.39 is 0 Å². The summed E-state index contributed by atoms with van der Waals surface area (Å²) in [6.45, 7) is 8.81. The van der Waals surface area contributed by atoms with E-state index in [1.165, 1.54) is 0 Å². The zero-order valence-electron chi connectivity index (χ0n) is 15.9. The highest BCUT2D eigenvalue weighted by Gasteiger charge is 2.25. The Bertz CT molecular complexity index is 1070. The molecule has 0 N–H and O–H groups in total. The molecule has 0 spiro atoms. The highest BCUT2D eigenvalue weighted by Crippen LogP contribution is 2.29. The smallest absolute Gasteiger partial charge is 0.225 e. The van der Waals surface area contributed by atoms with E-state index in [4.69, 9.17) is 4.98 Å². The van der Waals surface area contributed by atoms with Gasteiger partial charge in [0.1, 0.15) is 11.9 Å². The summed E-state index contributed by atoms with van der Waals surface area (Å²) >= 11 is 0. The Labute approximate surface area is 158 Å². The van der Waals surface area contributed by atoms with Gasteiger partial charge in [-0.1, -0.05) is 26.0 Å². The lowest BCUT2D eigenvalue weighted by atomic mass is 10.1. The number of carbonyl (C=O) groups is 1. The van der Waals surface area contributed by atoms with Gasteiger partial charge in [-0.15, -0.1) is 0 Å². The van der Waals surface area contributed by atoms with E-state index in [1.807, 2.05) is 49.9 Å². The number of anilines is 1. The van der Waals surface area contributed by atoms with E-state index in [-0.39, 0.29) is 11.8 Å². The largest absolute Gasteiger partial charge is 0.354 e. The molecular formula is C21H23N5O. The van der Waals surface area contributed by atoms with Gasteiger partial charge < -0.3 is 9.80 Å². The second-order valence-corrected chi connectivity index (χ2v) is 7.40. The van der Waals surface area contributed by atoms with Crippen LogP contribution < -0.4 is 4.90 Å². The molecule has 1 amide bonds. The molecule has 138 valence electrons. The van der Waals surface area contributed by atoms with Crippen molar-refractivity contribution in [3.8, 4) is 6.07 Å². The normalized spacial score (nSPS) is 14.9. The number of rotatable bonds is 2. The highest BCUT2D eigenvalue weighted by molar-refractivity contribution is 5.85. The topological polar surface area (TPSA) is 64.6 Å². The average Bonchev–Trinajstić information content (AvgIpc) is 3.06. The monoisotopic (exact) mass is 361 g/mol. The van der Waals surface area contributed by atoms with Crippen LogP contribution in [-0.2, 0) is 4.79 Å². The molecule has 27 heavy (non-hydrogen) atoms. The summed E-state index contributed by atoms with van der Waals surface area (Å²) in [7, 11) is 0. The number of aryl methyl sites for hydroxylation is 1. The molecule has 2 aromatic heterocycles. The number of hydrogen-bond donors (Lipinski definition) is 0. The lowest BCUT2D eigenvalue weighted by molar-refractivity contribution is -0.134. The molecule has 1 aliphatic heterocycles. The fourth-order valence-electron chi connectivity index (χ4n) is 3.82. The molecule has 0 saturated carbocycles. The van der Waals surface area contributed by atoms with Crippen molar-refractivity contribution in [1.29, 1.82) is 5.26 Å². The van der Waals surface area contributed by atoms with Gasteiger partial charge >= 0.3 is 0 Å². The molecule has 3 aromatic rings. The molecule has 1 saturated heterocycles. The van der Waals surface area contributed by atoms with Gasteiger partial charge in [0.25, 0.3) is 0 Å². The molecule has 0 unspecified atom stereocenters. The Morgan fingerprint density at radius 2 is 1.89 bits per heavy atom. The van der Waals surface area contributed by atoms with E-state index in [9.17, 15) is 10.1 Å². The number of imidazole rings is 1. The molecule has 6 nitrogen and oxygen atoms in total. The molecule has 1 aliphatic rings. The zero-order valence-corrected chi connectivity index (χ0v) is 15.9. The maximum Gasteiger partial charge on any atom is 0.225 e. The van der Waals surface area contributed by atoms with Crippen molar-refractivity contribution < 1.29 is 4.79 Å². The van der Waals surface area contributed by atoms with Gasteiger partial charge in [-0.3, -0.25) is 9.20 Å². The van der Waals surface area contributed by atoms with Crippen LogP contribution in [-0.4, -0.2) is 46.4 Å². The molecule has 0 atom stereocenters. The van der Waals surface area contributed by atoms with Gasteiger partial charge in [0.15, 0.2) is 5.65 Å². The van der Waals surface area contributed by atoms with Crippen molar-refractivity contribution in [2.75, 3.05) is 31.1 Å². The van der Waals surface area contributed by atoms with E-state index >= 15 is 0 Å². The number of amides is 1. The SMILES string of the molecule is Cc1cc(N2CCN(C(=O)C(C)C)CC2)n2c(nc3ccccc32)c1C#N. The molecule has 0 aliphatic carbocycles. The van der Waals surface area contributed by atoms with Gasteiger partial charge in [-0.05, 0) is 30.7 Å². The summed E-state index contributed by atoms with van der Waals surface area (Å²) < 4.78 is 2.08. The number of benzene rings is 1. The van der Waals surface area contributed by atoms with E-state index in [0.29, 0.717) is 24.3 Å². The maximum absolute atomic E-state index is 12.3. The number of nitriles is 1. The van der Waals surface area contributed by atoms with Crippen molar-refractivity contribution >= 4 is 28.4 Å². The number of hydrogen-bond acceptors (Lipinski definition) is 4. The van der Waals surface area contributed by atoms with Crippen LogP contribution in [0.4, 0.5) is 5.82 Å². The standard InChI is InChI=1S/C21H23N5O/c1-14(2)21(27)25-10-8-24(9-11-25)19-12-15(3)16(13-22)20-23-17-6-4-5-7-18(17)26(19)20/h4-7,12,14H,8-11H2,1-3H3.